The fourth-order valence-corrected chi connectivity index (χ4v) is 3.77. The van der Waals surface area contributed by atoms with Crippen molar-refractivity contribution >= 4 is 27.7 Å². The highest BCUT2D eigenvalue weighted by atomic mass is 79.9. The minimum absolute atomic E-state index is 0.500. The van der Waals surface area contributed by atoms with Crippen molar-refractivity contribution in [2.45, 2.75) is 42.6 Å². The summed E-state index contributed by atoms with van der Waals surface area (Å²) in [6.45, 7) is 0. The molecular formula is C13H15BrN4S. The normalized spacial score (nSPS) is 16.1. The molecule has 4 nitrogen and oxygen atoms in total. The highest BCUT2D eigenvalue weighted by Gasteiger charge is 2.21. The molecular weight excluding hydrogens is 324 g/mol. The molecule has 1 aromatic heterocycles. The standard InChI is InChI=1S/C13H15BrN4S/c14-11-5-3-4-10(8-11)9-19-13-15-16-17-18(13)12-6-1-2-7-12/h3-5,8,12H,1-2,6-7,9H2. The van der Waals surface area contributed by atoms with E-state index >= 15 is 0 Å². The summed E-state index contributed by atoms with van der Waals surface area (Å²) in [4.78, 5) is 0. The highest BCUT2D eigenvalue weighted by molar-refractivity contribution is 9.10. The number of hydrogen-bond donors (Lipinski definition) is 0. The third kappa shape index (κ3) is 3.17. The monoisotopic (exact) mass is 338 g/mol. The van der Waals surface area contributed by atoms with Crippen LogP contribution in [0.3, 0.4) is 0 Å². The van der Waals surface area contributed by atoms with Crippen molar-refractivity contribution in [1.29, 1.82) is 0 Å². The summed E-state index contributed by atoms with van der Waals surface area (Å²) < 4.78 is 3.12. The number of aromatic nitrogens is 4. The van der Waals surface area contributed by atoms with Crippen molar-refractivity contribution in [3.05, 3.63) is 34.3 Å². The van der Waals surface area contributed by atoms with E-state index in [1.807, 2.05) is 10.7 Å². The Morgan fingerprint density at radius 2 is 2.16 bits per heavy atom. The van der Waals surface area contributed by atoms with Crippen molar-refractivity contribution in [3.63, 3.8) is 0 Å². The maximum absolute atomic E-state index is 4.15. The molecule has 0 spiro atoms. The summed E-state index contributed by atoms with van der Waals surface area (Å²) in [5.41, 5.74) is 1.28. The van der Waals surface area contributed by atoms with E-state index < -0.39 is 0 Å². The second-order valence-corrected chi connectivity index (χ2v) is 6.62. The number of thioether (sulfide) groups is 1. The number of tetrazole rings is 1. The molecule has 1 heterocycles. The van der Waals surface area contributed by atoms with Gasteiger partial charge >= 0.3 is 0 Å². The van der Waals surface area contributed by atoms with E-state index in [9.17, 15) is 0 Å². The van der Waals surface area contributed by atoms with Crippen molar-refractivity contribution in [3.8, 4) is 0 Å². The molecule has 1 aliphatic carbocycles. The Labute approximate surface area is 125 Å². The summed E-state index contributed by atoms with van der Waals surface area (Å²) in [5, 5.41) is 13.1. The van der Waals surface area contributed by atoms with Gasteiger partial charge in [-0.2, -0.15) is 0 Å². The smallest absolute Gasteiger partial charge is 0.209 e. The van der Waals surface area contributed by atoms with Gasteiger partial charge in [0.05, 0.1) is 6.04 Å². The fourth-order valence-electron chi connectivity index (χ4n) is 2.43. The number of nitrogens with zero attached hydrogens (tertiary/aromatic N) is 4. The predicted octanol–water partition coefficient (Wildman–Crippen LogP) is 3.84. The first kappa shape index (κ1) is 13.1. The average molecular weight is 339 g/mol. The topological polar surface area (TPSA) is 43.6 Å². The van der Waals surface area contributed by atoms with Gasteiger partial charge in [-0.05, 0) is 41.0 Å². The third-order valence-electron chi connectivity index (χ3n) is 3.39. The molecule has 6 heteroatoms. The first-order valence-corrected chi connectivity index (χ1v) is 8.26. The van der Waals surface area contributed by atoms with Gasteiger partial charge in [0.25, 0.3) is 0 Å². The van der Waals surface area contributed by atoms with Gasteiger partial charge in [-0.3, -0.25) is 0 Å². The molecule has 2 aromatic rings. The van der Waals surface area contributed by atoms with Gasteiger partial charge in [0.2, 0.25) is 5.16 Å². The molecule has 3 rings (SSSR count). The fraction of sp³-hybridized carbons (Fsp3) is 0.462. The van der Waals surface area contributed by atoms with Crippen LogP contribution in [0.4, 0.5) is 0 Å². The molecule has 19 heavy (non-hydrogen) atoms. The number of rotatable bonds is 4. The van der Waals surface area contributed by atoms with Crippen LogP contribution in [0, 0.1) is 0 Å². The first-order valence-electron chi connectivity index (χ1n) is 6.48. The summed E-state index contributed by atoms with van der Waals surface area (Å²) in [7, 11) is 0. The van der Waals surface area contributed by atoms with E-state index in [1.54, 1.807) is 11.8 Å². The van der Waals surface area contributed by atoms with Crippen LogP contribution in [0.5, 0.6) is 0 Å². The van der Waals surface area contributed by atoms with E-state index in [1.165, 1.54) is 31.2 Å². The van der Waals surface area contributed by atoms with Crippen molar-refractivity contribution < 1.29 is 0 Å². The SMILES string of the molecule is Brc1cccc(CSc2nnnn2C2CCCC2)c1. The maximum Gasteiger partial charge on any atom is 0.209 e. The highest BCUT2D eigenvalue weighted by Crippen LogP contribution is 2.32. The van der Waals surface area contributed by atoms with Crippen molar-refractivity contribution in [2.24, 2.45) is 0 Å². The van der Waals surface area contributed by atoms with E-state index in [4.69, 9.17) is 0 Å². The molecule has 1 saturated carbocycles. The van der Waals surface area contributed by atoms with Crippen molar-refractivity contribution in [1.82, 2.24) is 20.2 Å². The molecule has 0 bridgehead atoms. The minimum Gasteiger partial charge on any atom is -0.217 e. The molecule has 100 valence electrons. The quantitative estimate of drug-likeness (QED) is 0.794. The lowest BCUT2D eigenvalue weighted by Gasteiger charge is -2.10. The molecule has 0 saturated heterocycles. The van der Waals surface area contributed by atoms with Crippen LogP contribution in [0.15, 0.2) is 33.9 Å². The molecule has 0 radical (unpaired) electrons. The van der Waals surface area contributed by atoms with E-state index in [0.29, 0.717) is 6.04 Å². The molecule has 1 aromatic carbocycles. The maximum atomic E-state index is 4.15. The summed E-state index contributed by atoms with van der Waals surface area (Å²) in [6.07, 6.45) is 4.99. The average Bonchev–Trinajstić information content (AvgIpc) is 3.07. The molecule has 0 N–H and O–H groups in total. The second-order valence-electron chi connectivity index (χ2n) is 4.76. The van der Waals surface area contributed by atoms with E-state index in [0.717, 1.165) is 15.4 Å². The minimum atomic E-state index is 0.500. The zero-order valence-electron chi connectivity index (χ0n) is 10.5. The van der Waals surface area contributed by atoms with Gasteiger partial charge in [-0.1, -0.05) is 52.7 Å². The van der Waals surface area contributed by atoms with Gasteiger partial charge in [0, 0.05) is 10.2 Å². The van der Waals surface area contributed by atoms with Crippen molar-refractivity contribution in [2.75, 3.05) is 0 Å². The molecule has 0 amide bonds. The van der Waals surface area contributed by atoms with Crippen LogP contribution < -0.4 is 0 Å². The zero-order valence-corrected chi connectivity index (χ0v) is 12.9. The Bertz CT molecular complexity index is 551. The van der Waals surface area contributed by atoms with Crippen LogP contribution in [-0.4, -0.2) is 20.2 Å². The van der Waals surface area contributed by atoms with E-state index in [2.05, 4.69) is 49.7 Å². The van der Waals surface area contributed by atoms with Gasteiger partial charge in [-0.25, -0.2) is 4.68 Å². The van der Waals surface area contributed by atoms with Gasteiger partial charge in [-0.15, -0.1) is 5.10 Å². The third-order valence-corrected chi connectivity index (χ3v) is 4.89. The molecule has 0 aliphatic heterocycles. The van der Waals surface area contributed by atoms with Gasteiger partial charge < -0.3 is 0 Å². The lowest BCUT2D eigenvalue weighted by Crippen LogP contribution is -2.08. The first-order chi connectivity index (χ1) is 9.33. The second kappa shape index (κ2) is 6.05. The molecule has 1 fully saturated rings. The van der Waals surface area contributed by atoms with Crippen LogP contribution in [0.2, 0.25) is 0 Å². The van der Waals surface area contributed by atoms with Gasteiger partial charge in [0.15, 0.2) is 0 Å². The van der Waals surface area contributed by atoms with Crippen LogP contribution in [0.25, 0.3) is 0 Å². The summed E-state index contributed by atoms with van der Waals surface area (Å²) >= 11 is 5.20. The zero-order chi connectivity index (χ0) is 13.1. The van der Waals surface area contributed by atoms with Crippen LogP contribution in [-0.2, 0) is 5.75 Å². The Hall–Kier alpha value is -0.880. The molecule has 0 unspecified atom stereocenters. The van der Waals surface area contributed by atoms with E-state index in [-0.39, 0.29) is 0 Å². The lowest BCUT2D eigenvalue weighted by atomic mass is 10.2. The number of hydrogen-bond acceptors (Lipinski definition) is 4. The Balaban J connectivity index is 1.68. The van der Waals surface area contributed by atoms with Gasteiger partial charge in [0.1, 0.15) is 0 Å². The van der Waals surface area contributed by atoms with Crippen LogP contribution in [0.1, 0.15) is 37.3 Å². The number of halogens is 1. The van der Waals surface area contributed by atoms with Crippen LogP contribution >= 0.6 is 27.7 Å². The molecule has 0 atom stereocenters. The summed E-state index contributed by atoms with van der Waals surface area (Å²) in [5.74, 6) is 0.895. The number of benzene rings is 1. The summed E-state index contributed by atoms with van der Waals surface area (Å²) in [6, 6.07) is 8.86. The Morgan fingerprint density at radius 3 is 2.95 bits per heavy atom. The predicted molar refractivity (Wildman–Crippen MR) is 79.0 cm³/mol. The Morgan fingerprint density at radius 1 is 1.32 bits per heavy atom. The molecule has 1 aliphatic rings. The lowest BCUT2D eigenvalue weighted by molar-refractivity contribution is 0.423. The Kier molecular flexibility index (Phi) is 4.18. The largest absolute Gasteiger partial charge is 0.217 e.